The van der Waals surface area contributed by atoms with Crippen LogP contribution < -0.4 is 5.43 Å². The summed E-state index contributed by atoms with van der Waals surface area (Å²) < 4.78 is 0. The minimum atomic E-state index is -0.676. The van der Waals surface area contributed by atoms with Gasteiger partial charge in [0.15, 0.2) is 6.23 Å². The number of hydrogen-bond acceptors (Lipinski definition) is 3. The Morgan fingerprint density at radius 3 is 3.36 bits per heavy atom. The Bertz CT molecular complexity index is 296. The van der Waals surface area contributed by atoms with Gasteiger partial charge in [-0.05, 0) is 12.1 Å². The van der Waals surface area contributed by atoms with E-state index in [-0.39, 0.29) is 0 Å². The summed E-state index contributed by atoms with van der Waals surface area (Å²) in [6.45, 7) is 0. The summed E-state index contributed by atoms with van der Waals surface area (Å²) in [5.74, 6) is 0. The summed E-state index contributed by atoms with van der Waals surface area (Å²) in [5, 5.41) is 13.1. The Morgan fingerprint density at radius 2 is 2.55 bits per heavy atom. The fourth-order valence-corrected chi connectivity index (χ4v) is 1.06. The van der Waals surface area contributed by atoms with Crippen LogP contribution in [-0.2, 0) is 0 Å². The lowest BCUT2D eigenvalue weighted by Gasteiger charge is -2.16. The lowest BCUT2D eigenvalue weighted by molar-refractivity contribution is 0.139. The molecule has 0 saturated heterocycles. The number of rotatable bonds is 0. The number of benzene rings is 1. The van der Waals surface area contributed by atoms with Crippen LogP contribution in [0.2, 0.25) is 0 Å². The summed E-state index contributed by atoms with van der Waals surface area (Å²) in [5.41, 5.74) is 4.31. The van der Waals surface area contributed by atoms with E-state index in [1.165, 1.54) is 0 Å². The van der Waals surface area contributed by atoms with Gasteiger partial charge in [0.1, 0.15) is 0 Å². The Hall–Kier alpha value is -1.35. The highest BCUT2D eigenvalue weighted by atomic mass is 16.3. The van der Waals surface area contributed by atoms with Crippen LogP contribution in [-0.4, -0.2) is 11.3 Å². The second-order valence-corrected chi connectivity index (χ2v) is 2.34. The Morgan fingerprint density at radius 1 is 1.64 bits per heavy atom. The Kier molecular flexibility index (Phi) is 1.36. The average molecular weight is 147 g/mol. The summed E-state index contributed by atoms with van der Waals surface area (Å²) in [7, 11) is 0. The third-order valence-corrected chi connectivity index (χ3v) is 1.63. The van der Waals surface area contributed by atoms with Crippen LogP contribution in [0.5, 0.6) is 0 Å². The number of aliphatic hydroxyl groups excluding tert-OH is 1. The first-order valence-electron chi connectivity index (χ1n) is 3.34. The van der Waals surface area contributed by atoms with Gasteiger partial charge in [-0.25, -0.2) is 0 Å². The van der Waals surface area contributed by atoms with E-state index in [1.807, 2.05) is 6.07 Å². The van der Waals surface area contributed by atoms with E-state index in [4.69, 9.17) is 0 Å². The molecule has 0 aliphatic carbocycles. The molecule has 1 radical (unpaired) electrons. The second-order valence-electron chi connectivity index (χ2n) is 2.34. The molecule has 1 unspecified atom stereocenters. The predicted octanol–water partition coefficient (Wildman–Crippen LogP) is 0.415. The van der Waals surface area contributed by atoms with Gasteiger partial charge in [-0.15, -0.1) is 0 Å². The van der Waals surface area contributed by atoms with Crippen molar-refractivity contribution in [2.45, 2.75) is 6.23 Å². The van der Waals surface area contributed by atoms with E-state index in [1.54, 1.807) is 18.3 Å². The fraction of sp³-hybridized carbons (Fsp3) is 0.125. The largest absolute Gasteiger partial charge is 0.368 e. The molecule has 2 N–H and O–H groups in total. The molecule has 1 aliphatic heterocycles. The van der Waals surface area contributed by atoms with Crippen LogP contribution >= 0.6 is 0 Å². The second kappa shape index (κ2) is 2.36. The van der Waals surface area contributed by atoms with Gasteiger partial charge in [-0.3, -0.25) is 5.43 Å². The summed E-state index contributed by atoms with van der Waals surface area (Å²) in [6, 6.07) is 8.29. The van der Waals surface area contributed by atoms with E-state index >= 15 is 0 Å². The van der Waals surface area contributed by atoms with Gasteiger partial charge >= 0.3 is 0 Å². The summed E-state index contributed by atoms with van der Waals surface area (Å²) >= 11 is 0. The highest BCUT2D eigenvalue weighted by Gasteiger charge is 2.12. The normalized spacial score (nSPS) is 20.6. The lowest BCUT2D eigenvalue weighted by Crippen LogP contribution is -2.20. The minimum absolute atomic E-state index is 0.676. The molecule has 1 atom stereocenters. The van der Waals surface area contributed by atoms with Crippen molar-refractivity contribution in [3.05, 3.63) is 35.4 Å². The zero-order valence-corrected chi connectivity index (χ0v) is 5.78. The molecule has 3 heteroatoms. The lowest BCUT2D eigenvalue weighted by atomic mass is 10.1. The average Bonchev–Trinajstić information content (AvgIpc) is 2.06. The number of hydrazone groups is 1. The molecule has 2 rings (SSSR count). The van der Waals surface area contributed by atoms with E-state index in [0.717, 1.165) is 11.1 Å². The number of aliphatic hydroxyl groups is 1. The van der Waals surface area contributed by atoms with Gasteiger partial charge < -0.3 is 5.11 Å². The molecule has 11 heavy (non-hydrogen) atoms. The van der Waals surface area contributed by atoms with Gasteiger partial charge in [0.25, 0.3) is 0 Å². The van der Waals surface area contributed by atoms with Gasteiger partial charge in [-0.1, -0.05) is 12.1 Å². The fourth-order valence-electron chi connectivity index (χ4n) is 1.06. The molecule has 1 aliphatic rings. The molecule has 0 bridgehead atoms. The smallest absolute Gasteiger partial charge is 0.166 e. The summed E-state index contributed by atoms with van der Waals surface area (Å²) in [4.78, 5) is 0. The van der Waals surface area contributed by atoms with E-state index in [2.05, 4.69) is 16.6 Å². The number of hydrogen-bond donors (Lipinski definition) is 2. The maximum atomic E-state index is 9.32. The zero-order chi connectivity index (χ0) is 7.68. The van der Waals surface area contributed by atoms with Gasteiger partial charge in [0, 0.05) is 11.1 Å². The molecule has 3 nitrogen and oxygen atoms in total. The highest BCUT2D eigenvalue weighted by molar-refractivity contribution is 5.82. The predicted molar refractivity (Wildman–Crippen MR) is 41.0 cm³/mol. The highest BCUT2D eigenvalue weighted by Crippen LogP contribution is 2.16. The van der Waals surface area contributed by atoms with Crippen molar-refractivity contribution in [3.63, 3.8) is 0 Å². The van der Waals surface area contributed by atoms with Crippen molar-refractivity contribution >= 4 is 6.21 Å². The molecular weight excluding hydrogens is 140 g/mol. The zero-order valence-electron chi connectivity index (χ0n) is 5.78. The number of fused-ring (bicyclic) bond motifs is 1. The first kappa shape index (κ1) is 6.37. The van der Waals surface area contributed by atoms with Crippen molar-refractivity contribution < 1.29 is 5.11 Å². The SMILES string of the molecule is OC1NN=Cc2c[c]ccc21. The van der Waals surface area contributed by atoms with Gasteiger partial charge in [0.05, 0.1) is 6.21 Å². The van der Waals surface area contributed by atoms with Gasteiger partial charge in [0.2, 0.25) is 0 Å². The molecule has 0 amide bonds. The molecule has 0 aromatic heterocycles. The number of nitrogens with one attached hydrogen (secondary N) is 1. The van der Waals surface area contributed by atoms with Crippen LogP contribution in [0.3, 0.4) is 0 Å². The van der Waals surface area contributed by atoms with Crippen molar-refractivity contribution in [3.8, 4) is 0 Å². The van der Waals surface area contributed by atoms with Crippen LogP contribution in [0.15, 0.2) is 23.3 Å². The molecular formula is C8H7N2O. The molecule has 1 heterocycles. The quantitative estimate of drug-likeness (QED) is 0.558. The van der Waals surface area contributed by atoms with E-state index in [0.29, 0.717) is 0 Å². The first-order valence-corrected chi connectivity index (χ1v) is 3.34. The molecule has 55 valence electrons. The van der Waals surface area contributed by atoms with Crippen LogP contribution in [0.1, 0.15) is 17.4 Å². The van der Waals surface area contributed by atoms with Crippen molar-refractivity contribution in [1.82, 2.24) is 5.43 Å². The Labute approximate surface area is 64.4 Å². The molecule has 0 fully saturated rings. The maximum absolute atomic E-state index is 9.32. The molecule has 0 saturated carbocycles. The first-order chi connectivity index (χ1) is 5.38. The molecule has 1 aromatic rings. The maximum Gasteiger partial charge on any atom is 0.166 e. The topological polar surface area (TPSA) is 44.6 Å². The van der Waals surface area contributed by atoms with E-state index < -0.39 is 6.23 Å². The summed E-state index contributed by atoms with van der Waals surface area (Å²) in [6.07, 6.45) is 0.989. The number of nitrogens with zero attached hydrogens (tertiary/aromatic N) is 1. The monoisotopic (exact) mass is 147 g/mol. The third-order valence-electron chi connectivity index (χ3n) is 1.63. The van der Waals surface area contributed by atoms with Crippen LogP contribution in [0.25, 0.3) is 0 Å². The minimum Gasteiger partial charge on any atom is -0.368 e. The van der Waals surface area contributed by atoms with Crippen molar-refractivity contribution in [1.29, 1.82) is 0 Å². The van der Waals surface area contributed by atoms with Crippen LogP contribution in [0, 0.1) is 6.07 Å². The molecule has 0 spiro atoms. The standard InChI is InChI=1S/C8H7N2O/c11-8-7-4-2-1-3-6(7)5-9-10-8/h2-5,8,10-11H. The third kappa shape index (κ3) is 0.991. The van der Waals surface area contributed by atoms with Crippen molar-refractivity contribution in [2.75, 3.05) is 0 Å². The van der Waals surface area contributed by atoms with Crippen LogP contribution in [0.4, 0.5) is 0 Å². The molecule has 1 aromatic carbocycles. The Balaban J connectivity index is 2.54. The van der Waals surface area contributed by atoms with E-state index in [9.17, 15) is 5.11 Å². The van der Waals surface area contributed by atoms with Crippen molar-refractivity contribution in [2.24, 2.45) is 5.10 Å². The van der Waals surface area contributed by atoms with Gasteiger partial charge in [-0.2, -0.15) is 5.10 Å².